The van der Waals surface area contributed by atoms with E-state index in [9.17, 15) is 36.6 Å². The predicted molar refractivity (Wildman–Crippen MR) is 139 cm³/mol. The highest BCUT2D eigenvalue weighted by atomic mass is 32.1. The van der Waals surface area contributed by atoms with E-state index in [1.165, 1.54) is 13.8 Å². The van der Waals surface area contributed by atoms with Crippen molar-refractivity contribution in [2.45, 2.75) is 89.7 Å². The number of aliphatic hydroxyl groups is 1. The van der Waals surface area contributed by atoms with Gasteiger partial charge >= 0.3 is 6.18 Å². The number of nitrogens with one attached hydrogen (secondary N) is 2. The SMILES string of the molecule is CC1CCCN1C(=O)c1nc(C(=O)NC(C)C(C)(C)O)sc1-c1cnc(NC(C2CC2)C(F)(F)F)cc1C(F)F. The minimum atomic E-state index is -4.58. The number of alkyl halides is 5. The van der Waals surface area contributed by atoms with Gasteiger partial charge in [0.1, 0.15) is 17.6 Å². The normalized spacial score (nSPS) is 19.6. The van der Waals surface area contributed by atoms with E-state index in [0.29, 0.717) is 30.7 Å². The lowest BCUT2D eigenvalue weighted by molar-refractivity contribution is -0.146. The molecule has 4 rings (SSSR count). The maximum Gasteiger partial charge on any atom is 0.408 e. The van der Waals surface area contributed by atoms with Gasteiger partial charge in [0, 0.05) is 29.9 Å². The molecular formula is C26H32F5N5O3S. The van der Waals surface area contributed by atoms with Crippen molar-refractivity contribution in [1.29, 1.82) is 0 Å². The first-order valence-electron chi connectivity index (χ1n) is 13.0. The van der Waals surface area contributed by atoms with Gasteiger partial charge in [0.05, 0.1) is 16.5 Å². The first-order chi connectivity index (χ1) is 18.6. The number of anilines is 1. The minimum absolute atomic E-state index is 0.0333. The first kappa shape index (κ1) is 30.1. The van der Waals surface area contributed by atoms with Crippen LogP contribution in [0.3, 0.4) is 0 Å². The molecule has 3 unspecified atom stereocenters. The molecule has 2 aliphatic rings. The number of aromatic nitrogens is 2. The molecule has 1 saturated heterocycles. The molecule has 0 bridgehead atoms. The molecule has 1 aliphatic carbocycles. The Kier molecular flexibility index (Phi) is 8.42. The molecule has 2 amide bonds. The Bertz CT molecular complexity index is 1260. The standard InChI is InChI=1S/C26H32F5N5O3S/c1-12-6-5-9-36(12)24(38)18-19(40-23(35-18)22(37)33-13(2)25(3,4)39)16-11-32-17(10-15(16)21(27)28)34-20(14-7-8-14)26(29,30)31/h10-14,20-21,39H,5-9H2,1-4H3,(H,32,34)(H,33,37). The fourth-order valence-corrected chi connectivity index (χ4v) is 5.52. The molecule has 3 heterocycles. The summed E-state index contributed by atoms with van der Waals surface area (Å²) in [6.07, 6.45) is -4.49. The van der Waals surface area contributed by atoms with Gasteiger partial charge in [0.2, 0.25) is 0 Å². The minimum Gasteiger partial charge on any atom is -0.388 e. The van der Waals surface area contributed by atoms with Crippen LogP contribution in [-0.4, -0.2) is 68.2 Å². The van der Waals surface area contributed by atoms with E-state index in [0.717, 1.165) is 25.1 Å². The second-order valence-corrected chi connectivity index (χ2v) is 12.0. The Morgan fingerprint density at radius 1 is 1.20 bits per heavy atom. The summed E-state index contributed by atoms with van der Waals surface area (Å²) >= 11 is 0.706. The summed E-state index contributed by atoms with van der Waals surface area (Å²) in [4.78, 5) is 36.2. The summed E-state index contributed by atoms with van der Waals surface area (Å²) in [5, 5.41) is 14.9. The molecule has 0 aromatic carbocycles. The summed E-state index contributed by atoms with van der Waals surface area (Å²) in [5.74, 6) is -2.27. The highest BCUT2D eigenvalue weighted by molar-refractivity contribution is 7.17. The van der Waals surface area contributed by atoms with Crippen molar-refractivity contribution in [1.82, 2.24) is 20.2 Å². The van der Waals surface area contributed by atoms with Gasteiger partial charge in [0.25, 0.3) is 18.2 Å². The van der Waals surface area contributed by atoms with Crippen molar-refractivity contribution < 1.29 is 36.6 Å². The average molecular weight is 590 g/mol. The van der Waals surface area contributed by atoms with Crippen LogP contribution < -0.4 is 10.6 Å². The molecule has 14 heteroatoms. The number of halogens is 5. The largest absolute Gasteiger partial charge is 0.408 e. The number of hydrogen-bond donors (Lipinski definition) is 3. The van der Waals surface area contributed by atoms with Crippen LogP contribution in [-0.2, 0) is 0 Å². The van der Waals surface area contributed by atoms with Crippen molar-refractivity contribution in [2.75, 3.05) is 11.9 Å². The smallest absolute Gasteiger partial charge is 0.388 e. The number of carbonyl (C=O) groups is 2. The Morgan fingerprint density at radius 2 is 1.88 bits per heavy atom. The van der Waals surface area contributed by atoms with Crippen LogP contribution >= 0.6 is 11.3 Å². The molecule has 1 aliphatic heterocycles. The lowest BCUT2D eigenvalue weighted by Crippen LogP contribution is -2.47. The van der Waals surface area contributed by atoms with Crippen molar-refractivity contribution >= 4 is 29.0 Å². The first-order valence-corrected chi connectivity index (χ1v) is 13.9. The summed E-state index contributed by atoms with van der Waals surface area (Å²) in [5.41, 5.74) is -2.32. The summed E-state index contributed by atoms with van der Waals surface area (Å²) in [7, 11) is 0. The molecule has 3 atom stereocenters. The highest BCUT2D eigenvalue weighted by Gasteiger charge is 2.49. The van der Waals surface area contributed by atoms with E-state index >= 15 is 0 Å². The van der Waals surface area contributed by atoms with Crippen molar-refractivity contribution in [3.05, 3.63) is 28.5 Å². The van der Waals surface area contributed by atoms with E-state index in [1.807, 2.05) is 6.92 Å². The Hall–Kier alpha value is -2.87. The van der Waals surface area contributed by atoms with Gasteiger partial charge in [-0.1, -0.05) is 0 Å². The van der Waals surface area contributed by atoms with Gasteiger partial charge in [-0.25, -0.2) is 18.7 Å². The molecular weight excluding hydrogens is 557 g/mol. The Morgan fingerprint density at radius 3 is 2.40 bits per heavy atom. The zero-order valence-electron chi connectivity index (χ0n) is 22.5. The van der Waals surface area contributed by atoms with Crippen LogP contribution in [0.2, 0.25) is 0 Å². The third-order valence-electron chi connectivity index (χ3n) is 7.41. The molecule has 2 aromatic rings. The molecule has 220 valence electrons. The number of likely N-dealkylation sites (tertiary alicyclic amines) is 1. The van der Waals surface area contributed by atoms with E-state index in [2.05, 4.69) is 20.6 Å². The second-order valence-electron chi connectivity index (χ2n) is 11.0. The van der Waals surface area contributed by atoms with E-state index < -0.39 is 53.6 Å². The molecule has 2 fully saturated rings. The van der Waals surface area contributed by atoms with Crippen LogP contribution in [0, 0.1) is 5.92 Å². The number of pyridine rings is 1. The van der Waals surface area contributed by atoms with Gasteiger partial charge in [-0.3, -0.25) is 9.59 Å². The van der Waals surface area contributed by atoms with Gasteiger partial charge < -0.3 is 20.6 Å². The highest BCUT2D eigenvalue weighted by Crippen LogP contribution is 2.43. The summed E-state index contributed by atoms with van der Waals surface area (Å²) < 4.78 is 69.2. The topological polar surface area (TPSA) is 107 Å². The number of thiazole rings is 1. The number of nitrogens with zero attached hydrogens (tertiary/aromatic N) is 3. The van der Waals surface area contributed by atoms with Crippen LogP contribution in [0.4, 0.5) is 27.8 Å². The molecule has 0 spiro atoms. The van der Waals surface area contributed by atoms with E-state index in [4.69, 9.17) is 0 Å². The Labute approximate surface area is 232 Å². The van der Waals surface area contributed by atoms with Crippen LogP contribution in [0.1, 0.15) is 85.7 Å². The maximum absolute atomic E-state index is 14.3. The van der Waals surface area contributed by atoms with Crippen LogP contribution in [0.15, 0.2) is 12.3 Å². The zero-order valence-corrected chi connectivity index (χ0v) is 23.3. The van der Waals surface area contributed by atoms with Crippen LogP contribution in [0.25, 0.3) is 10.4 Å². The van der Waals surface area contributed by atoms with Gasteiger partial charge in [-0.05, 0) is 65.4 Å². The number of rotatable bonds is 9. The summed E-state index contributed by atoms with van der Waals surface area (Å²) in [6.45, 7) is 6.84. The van der Waals surface area contributed by atoms with Crippen molar-refractivity contribution in [3.8, 4) is 10.4 Å². The third-order valence-corrected chi connectivity index (χ3v) is 8.50. The van der Waals surface area contributed by atoms with Crippen LogP contribution in [0.5, 0.6) is 0 Å². The van der Waals surface area contributed by atoms with Crippen molar-refractivity contribution in [3.63, 3.8) is 0 Å². The Balaban J connectivity index is 1.75. The molecule has 3 N–H and O–H groups in total. The van der Waals surface area contributed by atoms with Gasteiger partial charge in [-0.15, -0.1) is 11.3 Å². The van der Waals surface area contributed by atoms with E-state index in [1.54, 1.807) is 11.8 Å². The lowest BCUT2D eigenvalue weighted by Gasteiger charge is -2.26. The van der Waals surface area contributed by atoms with Gasteiger partial charge in [0.15, 0.2) is 5.01 Å². The fraction of sp³-hybridized carbons (Fsp3) is 0.615. The monoisotopic (exact) mass is 589 g/mol. The maximum atomic E-state index is 14.3. The zero-order chi connectivity index (χ0) is 29.6. The lowest BCUT2D eigenvalue weighted by atomic mass is 10.0. The molecule has 2 aromatic heterocycles. The summed E-state index contributed by atoms with van der Waals surface area (Å²) in [6, 6.07) is -1.90. The third kappa shape index (κ3) is 6.54. The quantitative estimate of drug-likeness (QED) is 0.338. The fourth-order valence-electron chi connectivity index (χ4n) is 4.53. The predicted octanol–water partition coefficient (Wildman–Crippen LogP) is 5.41. The molecule has 40 heavy (non-hydrogen) atoms. The van der Waals surface area contributed by atoms with Crippen molar-refractivity contribution in [2.24, 2.45) is 5.92 Å². The molecule has 8 nitrogen and oxygen atoms in total. The molecule has 1 saturated carbocycles. The average Bonchev–Trinajstić information content (AvgIpc) is 3.43. The molecule has 0 radical (unpaired) electrons. The number of amides is 2. The second kappa shape index (κ2) is 11.2. The van der Waals surface area contributed by atoms with E-state index in [-0.39, 0.29) is 33.0 Å². The number of carbonyl (C=O) groups excluding carboxylic acids is 2. The van der Waals surface area contributed by atoms with Gasteiger partial charge in [-0.2, -0.15) is 13.2 Å². The number of hydrogen-bond acceptors (Lipinski definition) is 7.